The van der Waals surface area contributed by atoms with Crippen molar-refractivity contribution in [3.63, 3.8) is 0 Å². The average molecular weight is 457 g/mol. The number of hydrogen-bond acceptors (Lipinski definition) is 3. The summed E-state index contributed by atoms with van der Waals surface area (Å²) < 4.78 is 13.8. The third-order valence-corrected chi connectivity index (χ3v) is 6.36. The number of carbonyl (C=O) groups excluding carboxylic acids is 2. The van der Waals surface area contributed by atoms with Crippen LogP contribution in [-0.2, 0) is 4.79 Å². The van der Waals surface area contributed by atoms with Crippen LogP contribution >= 0.6 is 23.4 Å². The van der Waals surface area contributed by atoms with Crippen LogP contribution in [0.3, 0.4) is 0 Å². The first-order valence-electron chi connectivity index (χ1n) is 9.77. The maximum Gasteiger partial charge on any atom is 0.258 e. The average Bonchev–Trinajstić information content (AvgIpc) is 2.75. The van der Waals surface area contributed by atoms with E-state index in [4.69, 9.17) is 11.6 Å². The summed E-state index contributed by atoms with van der Waals surface area (Å²) in [7, 11) is 0. The summed E-state index contributed by atoms with van der Waals surface area (Å²) >= 11 is 7.53. The highest BCUT2D eigenvalue weighted by Crippen LogP contribution is 2.29. The van der Waals surface area contributed by atoms with Crippen molar-refractivity contribution in [2.24, 2.45) is 0 Å². The van der Waals surface area contributed by atoms with Gasteiger partial charge in [0.15, 0.2) is 0 Å². The number of amides is 2. The number of carbonyl (C=O) groups is 2. The fraction of sp³-hybridized carbons (Fsp3) is 0.167. The maximum absolute atomic E-state index is 13.8. The summed E-state index contributed by atoms with van der Waals surface area (Å²) in [6, 6.07) is 18.3. The molecule has 0 aliphatic heterocycles. The minimum Gasteiger partial charge on any atom is -0.325 e. The predicted octanol–water partition coefficient (Wildman–Crippen LogP) is 6.55. The van der Waals surface area contributed by atoms with Gasteiger partial charge in [-0.05, 0) is 61.4 Å². The molecule has 0 radical (unpaired) electrons. The molecular formula is C24H22ClFN2O2S. The van der Waals surface area contributed by atoms with E-state index in [2.05, 4.69) is 10.6 Å². The van der Waals surface area contributed by atoms with Gasteiger partial charge < -0.3 is 10.6 Å². The van der Waals surface area contributed by atoms with Crippen molar-refractivity contribution in [2.75, 3.05) is 10.6 Å². The lowest BCUT2D eigenvalue weighted by Crippen LogP contribution is -2.24. The lowest BCUT2D eigenvalue weighted by atomic mass is 10.2. The van der Waals surface area contributed by atoms with Crippen LogP contribution in [0.4, 0.5) is 15.8 Å². The van der Waals surface area contributed by atoms with E-state index in [1.807, 2.05) is 32.0 Å². The van der Waals surface area contributed by atoms with Gasteiger partial charge in [0.05, 0.1) is 10.8 Å². The van der Waals surface area contributed by atoms with Gasteiger partial charge in [-0.3, -0.25) is 9.59 Å². The second-order valence-corrected chi connectivity index (χ2v) is 8.61. The molecule has 0 aromatic heterocycles. The van der Waals surface area contributed by atoms with E-state index in [1.165, 1.54) is 30.0 Å². The monoisotopic (exact) mass is 456 g/mol. The Labute approximate surface area is 190 Å². The standard InChI is InChI=1S/C24H22ClFN2O2S/c1-3-22(24(30)28-17-12-11-15(2)20(25)14-17)31-18-8-6-7-16(13-18)27-23(29)19-9-4-5-10-21(19)26/h4-14,22H,3H2,1-2H3,(H,27,29)(H,28,30). The van der Waals surface area contributed by atoms with Gasteiger partial charge >= 0.3 is 0 Å². The van der Waals surface area contributed by atoms with Crippen LogP contribution in [0.25, 0.3) is 0 Å². The third-order valence-electron chi connectivity index (χ3n) is 4.59. The third kappa shape index (κ3) is 6.09. The summed E-state index contributed by atoms with van der Waals surface area (Å²) in [5.74, 6) is -1.24. The molecule has 1 unspecified atom stereocenters. The molecule has 7 heteroatoms. The second kappa shape index (κ2) is 10.5. The zero-order valence-electron chi connectivity index (χ0n) is 17.1. The Morgan fingerprint density at radius 2 is 1.74 bits per heavy atom. The van der Waals surface area contributed by atoms with Crippen molar-refractivity contribution in [3.05, 3.63) is 88.7 Å². The Hall–Kier alpha value is -2.83. The maximum atomic E-state index is 13.8. The summed E-state index contributed by atoms with van der Waals surface area (Å²) in [4.78, 5) is 25.9. The molecule has 0 saturated carbocycles. The van der Waals surface area contributed by atoms with Gasteiger partial charge in [0.25, 0.3) is 5.91 Å². The van der Waals surface area contributed by atoms with Crippen LogP contribution in [0.15, 0.2) is 71.6 Å². The van der Waals surface area contributed by atoms with Crippen molar-refractivity contribution in [1.82, 2.24) is 0 Å². The Bertz CT molecular complexity index is 1110. The van der Waals surface area contributed by atoms with Crippen LogP contribution in [-0.4, -0.2) is 17.1 Å². The minimum absolute atomic E-state index is 0.0249. The first kappa shape index (κ1) is 22.8. The first-order valence-corrected chi connectivity index (χ1v) is 11.0. The summed E-state index contributed by atoms with van der Waals surface area (Å²) in [6.07, 6.45) is 0.613. The normalized spacial score (nSPS) is 11.6. The van der Waals surface area contributed by atoms with Gasteiger partial charge in [-0.15, -0.1) is 11.8 Å². The molecule has 0 heterocycles. The first-order chi connectivity index (χ1) is 14.9. The van der Waals surface area contributed by atoms with Crippen LogP contribution < -0.4 is 10.6 Å². The number of aryl methyl sites for hydroxylation is 1. The van der Waals surface area contributed by atoms with Gasteiger partial charge in [-0.1, -0.05) is 42.8 Å². The van der Waals surface area contributed by atoms with Gasteiger partial charge in [-0.2, -0.15) is 0 Å². The molecule has 160 valence electrons. The van der Waals surface area contributed by atoms with Crippen LogP contribution in [0, 0.1) is 12.7 Å². The molecule has 3 rings (SSSR count). The number of thioether (sulfide) groups is 1. The number of halogens is 2. The second-order valence-electron chi connectivity index (χ2n) is 6.93. The molecule has 0 fully saturated rings. The zero-order chi connectivity index (χ0) is 22.4. The quantitative estimate of drug-likeness (QED) is 0.396. The topological polar surface area (TPSA) is 58.2 Å². The van der Waals surface area contributed by atoms with E-state index in [0.717, 1.165) is 10.5 Å². The fourth-order valence-electron chi connectivity index (χ4n) is 2.87. The van der Waals surface area contributed by atoms with E-state index in [9.17, 15) is 14.0 Å². The largest absolute Gasteiger partial charge is 0.325 e. The molecule has 0 aliphatic rings. The van der Waals surface area contributed by atoms with Crippen molar-refractivity contribution >= 4 is 46.6 Å². The van der Waals surface area contributed by atoms with Gasteiger partial charge in [0.2, 0.25) is 5.91 Å². The summed E-state index contributed by atoms with van der Waals surface area (Å²) in [5.41, 5.74) is 2.09. The molecule has 4 nitrogen and oxygen atoms in total. The van der Waals surface area contributed by atoms with Crippen LogP contribution in [0.2, 0.25) is 5.02 Å². The molecule has 1 atom stereocenters. The molecule has 2 amide bonds. The predicted molar refractivity (Wildman–Crippen MR) is 126 cm³/mol. The molecule has 2 N–H and O–H groups in total. The van der Waals surface area contributed by atoms with Crippen molar-refractivity contribution in [1.29, 1.82) is 0 Å². The highest BCUT2D eigenvalue weighted by Gasteiger charge is 2.19. The number of hydrogen-bond donors (Lipinski definition) is 2. The minimum atomic E-state index is -0.579. The smallest absolute Gasteiger partial charge is 0.258 e. The van der Waals surface area contributed by atoms with E-state index in [1.54, 1.807) is 30.3 Å². The molecular weight excluding hydrogens is 435 g/mol. The SMILES string of the molecule is CCC(Sc1cccc(NC(=O)c2ccccc2F)c1)C(=O)Nc1ccc(C)c(Cl)c1. The Balaban J connectivity index is 1.68. The number of rotatable bonds is 7. The van der Waals surface area contributed by atoms with Crippen molar-refractivity contribution in [3.8, 4) is 0 Å². The lowest BCUT2D eigenvalue weighted by Gasteiger charge is -2.16. The van der Waals surface area contributed by atoms with Crippen molar-refractivity contribution in [2.45, 2.75) is 30.4 Å². The molecule has 0 saturated heterocycles. The molecule has 0 spiro atoms. The molecule has 0 bridgehead atoms. The van der Waals surface area contributed by atoms with Crippen molar-refractivity contribution < 1.29 is 14.0 Å². The van der Waals surface area contributed by atoms with E-state index < -0.39 is 11.7 Å². The van der Waals surface area contributed by atoms with E-state index in [0.29, 0.717) is 22.8 Å². The lowest BCUT2D eigenvalue weighted by molar-refractivity contribution is -0.115. The zero-order valence-corrected chi connectivity index (χ0v) is 18.7. The van der Waals surface area contributed by atoms with Gasteiger partial charge in [0.1, 0.15) is 5.82 Å². The molecule has 0 aliphatic carbocycles. The van der Waals surface area contributed by atoms with Gasteiger partial charge in [0, 0.05) is 21.3 Å². The van der Waals surface area contributed by atoms with E-state index in [-0.39, 0.29) is 16.7 Å². The summed E-state index contributed by atoms with van der Waals surface area (Å²) in [6.45, 7) is 3.83. The highest BCUT2D eigenvalue weighted by atomic mass is 35.5. The van der Waals surface area contributed by atoms with Crippen LogP contribution in [0.5, 0.6) is 0 Å². The Morgan fingerprint density at radius 1 is 1.00 bits per heavy atom. The highest BCUT2D eigenvalue weighted by molar-refractivity contribution is 8.00. The fourth-order valence-corrected chi connectivity index (χ4v) is 4.06. The summed E-state index contributed by atoms with van der Waals surface area (Å²) in [5, 5.41) is 5.86. The molecule has 3 aromatic rings. The number of benzene rings is 3. The number of nitrogens with one attached hydrogen (secondary N) is 2. The van der Waals surface area contributed by atoms with E-state index >= 15 is 0 Å². The molecule has 3 aromatic carbocycles. The molecule has 31 heavy (non-hydrogen) atoms. The van der Waals surface area contributed by atoms with Gasteiger partial charge in [-0.25, -0.2) is 4.39 Å². The Morgan fingerprint density at radius 3 is 2.45 bits per heavy atom. The Kier molecular flexibility index (Phi) is 7.71. The van der Waals surface area contributed by atoms with Crippen LogP contribution in [0.1, 0.15) is 29.3 Å². The number of anilines is 2.